The van der Waals surface area contributed by atoms with Crippen molar-refractivity contribution in [2.24, 2.45) is 10.9 Å². The lowest BCUT2D eigenvalue weighted by Crippen LogP contribution is -2.34. The van der Waals surface area contributed by atoms with Crippen LogP contribution in [0.1, 0.15) is 44.9 Å². The first-order chi connectivity index (χ1) is 8.63. The molecule has 5 nitrogen and oxygen atoms in total. The molecule has 1 unspecified atom stereocenters. The van der Waals surface area contributed by atoms with Crippen molar-refractivity contribution in [1.29, 1.82) is 0 Å². The molecule has 5 heteroatoms. The zero-order chi connectivity index (χ0) is 13.0. The van der Waals surface area contributed by atoms with Crippen LogP contribution < -0.4 is 5.73 Å². The molecule has 104 valence electrons. The van der Waals surface area contributed by atoms with Gasteiger partial charge in [0.25, 0.3) is 0 Å². The lowest BCUT2D eigenvalue weighted by Gasteiger charge is -2.26. The van der Waals surface area contributed by atoms with Crippen molar-refractivity contribution < 1.29 is 9.94 Å². The van der Waals surface area contributed by atoms with Crippen LogP contribution in [0.3, 0.4) is 0 Å². The minimum atomic E-state index is 0.219. The molecule has 0 aromatic rings. The summed E-state index contributed by atoms with van der Waals surface area (Å²) in [5, 5.41) is 11.5. The second-order valence-electron chi connectivity index (χ2n) is 5.77. The summed E-state index contributed by atoms with van der Waals surface area (Å²) in [5.74, 6) is 0.293. The number of nitrogens with zero attached hydrogens (tertiary/aromatic N) is 2. The monoisotopic (exact) mass is 255 g/mol. The third kappa shape index (κ3) is 3.36. The van der Waals surface area contributed by atoms with Gasteiger partial charge in [0.15, 0.2) is 0 Å². The third-order valence-electron chi connectivity index (χ3n) is 4.25. The van der Waals surface area contributed by atoms with E-state index >= 15 is 0 Å². The van der Waals surface area contributed by atoms with Crippen LogP contribution in [0.25, 0.3) is 0 Å². The Morgan fingerprint density at radius 2 is 2.17 bits per heavy atom. The number of hydrogen-bond donors (Lipinski definition) is 2. The van der Waals surface area contributed by atoms with E-state index in [0.717, 1.165) is 13.1 Å². The number of oxime groups is 1. The predicted molar refractivity (Wildman–Crippen MR) is 70.8 cm³/mol. The van der Waals surface area contributed by atoms with Crippen LogP contribution in [0.2, 0.25) is 0 Å². The van der Waals surface area contributed by atoms with Crippen LogP contribution in [0.15, 0.2) is 5.16 Å². The molecule has 1 atom stereocenters. The first kappa shape index (κ1) is 13.6. The molecule has 2 rings (SSSR count). The van der Waals surface area contributed by atoms with Crippen LogP contribution in [0.4, 0.5) is 0 Å². The molecule has 0 aromatic heterocycles. The molecule has 0 aromatic carbocycles. The molecule has 18 heavy (non-hydrogen) atoms. The summed E-state index contributed by atoms with van der Waals surface area (Å²) in [6.07, 6.45) is 8.51. The first-order valence-corrected chi connectivity index (χ1v) is 6.96. The van der Waals surface area contributed by atoms with Crippen molar-refractivity contribution in [1.82, 2.24) is 4.90 Å². The maximum Gasteiger partial charge on any atom is 0.140 e. The van der Waals surface area contributed by atoms with Gasteiger partial charge in [-0.05, 0) is 32.7 Å². The van der Waals surface area contributed by atoms with Gasteiger partial charge in [-0.2, -0.15) is 0 Å². The second kappa shape index (κ2) is 5.89. The molecule has 1 aliphatic carbocycles. The van der Waals surface area contributed by atoms with Crippen molar-refractivity contribution in [3.8, 4) is 0 Å². The lowest BCUT2D eigenvalue weighted by molar-refractivity contribution is -0.0448. The fourth-order valence-electron chi connectivity index (χ4n) is 3.21. The normalized spacial score (nSPS) is 27.4. The average molecular weight is 255 g/mol. The maximum atomic E-state index is 8.49. The highest BCUT2D eigenvalue weighted by Crippen LogP contribution is 2.43. The van der Waals surface area contributed by atoms with Gasteiger partial charge in [-0.25, -0.2) is 0 Å². The molecule has 3 N–H and O–H groups in total. The van der Waals surface area contributed by atoms with Gasteiger partial charge < -0.3 is 20.6 Å². The number of ether oxygens (including phenoxy) is 1. The van der Waals surface area contributed by atoms with Gasteiger partial charge in [-0.15, -0.1) is 0 Å². The second-order valence-corrected chi connectivity index (χ2v) is 5.77. The summed E-state index contributed by atoms with van der Waals surface area (Å²) in [7, 11) is 2.06. The smallest absolute Gasteiger partial charge is 0.140 e. The Labute approximate surface area is 109 Å². The van der Waals surface area contributed by atoms with Gasteiger partial charge in [-0.1, -0.05) is 18.0 Å². The van der Waals surface area contributed by atoms with E-state index in [9.17, 15) is 0 Å². The maximum absolute atomic E-state index is 8.49. The van der Waals surface area contributed by atoms with Crippen molar-refractivity contribution >= 4 is 5.84 Å². The average Bonchev–Trinajstić information content (AvgIpc) is 2.97. The summed E-state index contributed by atoms with van der Waals surface area (Å²) < 4.78 is 6.26. The van der Waals surface area contributed by atoms with E-state index in [0.29, 0.717) is 18.4 Å². The highest BCUT2D eigenvalue weighted by molar-refractivity contribution is 5.79. The number of hydrogen-bond acceptors (Lipinski definition) is 4. The van der Waals surface area contributed by atoms with Gasteiger partial charge in [-0.3, -0.25) is 0 Å². The summed E-state index contributed by atoms with van der Waals surface area (Å²) in [5.41, 5.74) is 5.69. The summed E-state index contributed by atoms with van der Waals surface area (Å²) in [6, 6.07) is 0. The van der Waals surface area contributed by atoms with Gasteiger partial charge in [0.05, 0.1) is 11.7 Å². The fraction of sp³-hybridized carbons (Fsp3) is 0.923. The molecule has 0 radical (unpaired) electrons. The Balaban J connectivity index is 1.70. The van der Waals surface area contributed by atoms with E-state index in [1.807, 2.05) is 0 Å². The van der Waals surface area contributed by atoms with Gasteiger partial charge >= 0.3 is 0 Å². The van der Waals surface area contributed by atoms with Gasteiger partial charge in [0, 0.05) is 19.5 Å². The minimum Gasteiger partial charge on any atom is -0.409 e. The zero-order valence-corrected chi connectivity index (χ0v) is 11.3. The number of rotatable bonds is 5. The standard InChI is InChI=1S/C13H25N3O2/c1-16(9-5-12(14)15-17)10-11-4-8-13(18-11)6-2-3-7-13/h11,17H,2-10H2,1H3,(H2,14,15). The molecule has 0 amide bonds. The van der Waals surface area contributed by atoms with Crippen molar-refractivity contribution in [3.05, 3.63) is 0 Å². The fourth-order valence-corrected chi connectivity index (χ4v) is 3.21. The van der Waals surface area contributed by atoms with Crippen LogP contribution >= 0.6 is 0 Å². The van der Waals surface area contributed by atoms with Crippen LogP contribution in [0.5, 0.6) is 0 Å². The highest BCUT2D eigenvalue weighted by atomic mass is 16.5. The lowest BCUT2D eigenvalue weighted by atomic mass is 9.98. The summed E-state index contributed by atoms with van der Waals surface area (Å²) >= 11 is 0. The number of amidine groups is 1. The zero-order valence-electron chi connectivity index (χ0n) is 11.3. The summed E-state index contributed by atoms with van der Waals surface area (Å²) in [4.78, 5) is 2.21. The van der Waals surface area contributed by atoms with E-state index in [1.165, 1.54) is 38.5 Å². The molecule has 0 bridgehead atoms. The third-order valence-corrected chi connectivity index (χ3v) is 4.25. The molecular formula is C13H25N3O2. The Hall–Kier alpha value is -0.810. The Kier molecular flexibility index (Phi) is 4.45. The molecule has 1 aliphatic heterocycles. The molecule has 2 fully saturated rings. The number of nitrogens with two attached hydrogens (primary N) is 1. The Morgan fingerprint density at radius 3 is 2.83 bits per heavy atom. The molecular weight excluding hydrogens is 230 g/mol. The summed E-state index contributed by atoms with van der Waals surface area (Å²) in [6.45, 7) is 1.75. The van der Waals surface area contributed by atoms with Crippen LogP contribution in [-0.4, -0.2) is 47.8 Å². The minimum absolute atomic E-state index is 0.219. The molecule has 1 saturated carbocycles. The number of likely N-dealkylation sites (N-methyl/N-ethyl adjacent to an activating group) is 1. The van der Waals surface area contributed by atoms with Gasteiger partial charge in [0.2, 0.25) is 0 Å². The van der Waals surface area contributed by atoms with E-state index in [1.54, 1.807) is 0 Å². The van der Waals surface area contributed by atoms with E-state index < -0.39 is 0 Å². The molecule has 1 saturated heterocycles. The van der Waals surface area contributed by atoms with E-state index in [-0.39, 0.29) is 5.60 Å². The van der Waals surface area contributed by atoms with E-state index in [2.05, 4.69) is 17.1 Å². The Bertz CT molecular complexity index is 301. The first-order valence-electron chi connectivity index (χ1n) is 6.96. The van der Waals surface area contributed by atoms with Crippen LogP contribution in [0, 0.1) is 0 Å². The van der Waals surface area contributed by atoms with Crippen molar-refractivity contribution in [2.45, 2.75) is 56.7 Å². The predicted octanol–water partition coefficient (Wildman–Crippen LogP) is 1.55. The van der Waals surface area contributed by atoms with Crippen LogP contribution in [-0.2, 0) is 4.74 Å². The van der Waals surface area contributed by atoms with E-state index in [4.69, 9.17) is 15.7 Å². The molecule has 1 spiro atoms. The highest BCUT2D eigenvalue weighted by Gasteiger charge is 2.42. The van der Waals surface area contributed by atoms with Crippen molar-refractivity contribution in [3.63, 3.8) is 0 Å². The topological polar surface area (TPSA) is 71.1 Å². The SMILES string of the molecule is CN(CCC(N)=NO)CC1CCC2(CCCC2)O1. The van der Waals surface area contributed by atoms with Crippen molar-refractivity contribution in [2.75, 3.05) is 20.1 Å². The largest absolute Gasteiger partial charge is 0.409 e. The Morgan fingerprint density at radius 1 is 1.44 bits per heavy atom. The quantitative estimate of drug-likeness (QED) is 0.338. The molecule has 1 heterocycles. The molecule has 2 aliphatic rings. The van der Waals surface area contributed by atoms with Gasteiger partial charge in [0.1, 0.15) is 5.84 Å².